The van der Waals surface area contributed by atoms with Crippen LogP contribution < -0.4 is 0 Å². The van der Waals surface area contributed by atoms with Crippen LogP contribution in [0.3, 0.4) is 0 Å². The number of rotatable bonds is 6. The molecule has 0 spiro atoms. The van der Waals surface area contributed by atoms with Crippen LogP contribution >= 0.6 is 0 Å². The van der Waals surface area contributed by atoms with Gasteiger partial charge in [0, 0.05) is 16.9 Å². The zero-order valence-electron chi connectivity index (χ0n) is 21.5. The van der Waals surface area contributed by atoms with Gasteiger partial charge in [0.15, 0.2) is 6.29 Å². The fraction of sp³-hybridized carbons (Fsp3) is 0.885. The maximum atomic E-state index is 12.2. The van der Waals surface area contributed by atoms with Gasteiger partial charge in [-0.25, -0.2) is 4.79 Å². The molecule has 0 unspecified atom stereocenters. The zero-order chi connectivity index (χ0) is 26.6. The Kier molecular flexibility index (Phi) is 7.67. The van der Waals surface area contributed by atoms with Crippen LogP contribution in [0, 0.1) is 22.7 Å². The van der Waals surface area contributed by atoms with Crippen LogP contribution in [0.15, 0.2) is 11.6 Å². The molecule has 0 aromatic rings. The first-order valence-corrected chi connectivity index (χ1v) is 13.0. The Morgan fingerprint density at radius 3 is 2.42 bits per heavy atom. The van der Waals surface area contributed by atoms with Crippen molar-refractivity contribution in [3.8, 4) is 0 Å². The minimum absolute atomic E-state index is 0.203. The quantitative estimate of drug-likeness (QED) is 0.210. The highest BCUT2D eigenvalue weighted by Crippen LogP contribution is 2.64. The van der Waals surface area contributed by atoms with E-state index < -0.39 is 66.0 Å². The fourth-order valence-electron chi connectivity index (χ4n) is 7.68. The van der Waals surface area contributed by atoms with Crippen molar-refractivity contribution in [1.82, 2.24) is 0 Å². The molecule has 11 atom stereocenters. The van der Waals surface area contributed by atoms with Crippen molar-refractivity contribution in [2.45, 2.75) is 108 Å². The van der Waals surface area contributed by atoms with E-state index >= 15 is 0 Å². The van der Waals surface area contributed by atoms with Gasteiger partial charge in [-0.3, -0.25) is 0 Å². The molecule has 2 aliphatic heterocycles. The van der Waals surface area contributed by atoms with E-state index in [0.29, 0.717) is 37.7 Å². The first kappa shape index (κ1) is 27.9. The van der Waals surface area contributed by atoms with Gasteiger partial charge in [0.25, 0.3) is 0 Å². The van der Waals surface area contributed by atoms with Gasteiger partial charge in [-0.05, 0) is 49.5 Å². The molecule has 4 aliphatic rings. The average Bonchev–Trinajstić information content (AvgIpc) is 3.22. The number of aliphatic hydroxyl groups is 6. The Balaban J connectivity index is 1.57. The van der Waals surface area contributed by atoms with E-state index in [0.717, 1.165) is 0 Å². The van der Waals surface area contributed by atoms with Crippen LogP contribution in [0.1, 0.15) is 59.8 Å². The summed E-state index contributed by atoms with van der Waals surface area (Å²) < 4.78 is 16.8. The van der Waals surface area contributed by atoms with Gasteiger partial charge in [-0.2, -0.15) is 0 Å². The second kappa shape index (κ2) is 9.89. The van der Waals surface area contributed by atoms with Crippen molar-refractivity contribution in [3.63, 3.8) is 0 Å². The Labute approximate surface area is 211 Å². The molecule has 0 radical (unpaired) electrons. The molecule has 4 rings (SSSR count). The normalized spacial score (nSPS) is 48.8. The van der Waals surface area contributed by atoms with E-state index in [1.165, 1.54) is 0 Å². The number of carbonyl (C=O) groups excluding carboxylic acids is 1. The van der Waals surface area contributed by atoms with E-state index in [1.54, 1.807) is 6.08 Å². The van der Waals surface area contributed by atoms with E-state index in [1.807, 2.05) is 27.7 Å². The summed E-state index contributed by atoms with van der Waals surface area (Å²) in [5, 5.41) is 63.8. The Bertz CT molecular complexity index is 858. The summed E-state index contributed by atoms with van der Waals surface area (Å²) >= 11 is 0. The maximum Gasteiger partial charge on any atom is 0.334 e. The summed E-state index contributed by atoms with van der Waals surface area (Å²) in [5.41, 5.74) is -1.94. The highest BCUT2D eigenvalue weighted by molar-refractivity contribution is 5.90. The molecule has 10 heteroatoms. The van der Waals surface area contributed by atoms with Crippen molar-refractivity contribution in [3.05, 3.63) is 11.6 Å². The van der Waals surface area contributed by atoms with Gasteiger partial charge < -0.3 is 44.8 Å². The molecule has 2 heterocycles. The molecular weight excluding hydrogens is 472 g/mol. The van der Waals surface area contributed by atoms with Gasteiger partial charge in [-0.1, -0.05) is 27.7 Å². The first-order chi connectivity index (χ1) is 16.8. The molecule has 3 fully saturated rings. The number of hydrogen-bond acceptors (Lipinski definition) is 10. The second-order valence-electron chi connectivity index (χ2n) is 12.0. The standard InChI is InChI=1S/C26H42O10/c1-13-11-15(28)21-24(2,3)17(36-23-20(31)19(30)18(29)16(12-27)35-23)6-8-25(21,4)26(13,33)9-5-14-7-10-34-22(14)32/h7,13,15-21,23,27-31,33H,5-6,8-12H2,1-4H3/t13-,15+,16-,17+,18-,19+,20-,21+,23+,25+,26-/m1/s1. The van der Waals surface area contributed by atoms with Crippen molar-refractivity contribution < 1.29 is 49.6 Å². The minimum atomic E-state index is -1.54. The van der Waals surface area contributed by atoms with Crippen molar-refractivity contribution in [1.29, 1.82) is 0 Å². The van der Waals surface area contributed by atoms with Gasteiger partial charge >= 0.3 is 5.97 Å². The fourth-order valence-corrected chi connectivity index (χ4v) is 7.68. The molecule has 2 saturated carbocycles. The molecule has 1 saturated heterocycles. The Hall–Kier alpha value is -1.11. The molecule has 2 aliphatic carbocycles. The van der Waals surface area contributed by atoms with E-state index in [4.69, 9.17) is 14.2 Å². The lowest BCUT2D eigenvalue weighted by Gasteiger charge is -2.66. The van der Waals surface area contributed by atoms with Crippen LogP contribution in [0.2, 0.25) is 0 Å². The molecule has 0 aromatic heterocycles. The number of esters is 1. The lowest BCUT2D eigenvalue weighted by Crippen LogP contribution is -2.69. The number of aliphatic hydroxyl groups excluding tert-OH is 5. The molecule has 10 nitrogen and oxygen atoms in total. The highest BCUT2D eigenvalue weighted by Gasteiger charge is 2.66. The van der Waals surface area contributed by atoms with Gasteiger partial charge in [0.1, 0.15) is 31.0 Å². The lowest BCUT2D eigenvalue weighted by molar-refractivity contribution is -0.337. The molecule has 0 bridgehead atoms. The summed E-state index contributed by atoms with van der Waals surface area (Å²) in [5.74, 6) is -0.925. The first-order valence-electron chi connectivity index (χ1n) is 13.0. The Morgan fingerprint density at radius 2 is 1.81 bits per heavy atom. The SMILES string of the molecule is C[C@@H]1C[C@H](O)[C@H]2C(C)(C)[C@@H](O[C@@H]3O[C@H](CO)[C@@H](O)[C@H](O)[C@H]3O)CC[C@]2(C)[C@@]1(O)CCC1=CCOC1=O. The van der Waals surface area contributed by atoms with Gasteiger partial charge in [0.2, 0.25) is 0 Å². The topological polar surface area (TPSA) is 166 Å². The van der Waals surface area contributed by atoms with Crippen molar-refractivity contribution in [2.75, 3.05) is 13.2 Å². The monoisotopic (exact) mass is 514 g/mol. The Morgan fingerprint density at radius 1 is 1.11 bits per heavy atom. The number of hydrogen-bond donors (Lipinski definition) is 6. The number of ether oxygens (including phenoxy) is 3. The molecule has 206 valence electrons. The average molecular weight is 515 g/mol. The van der Waals surface area contributed by atoms with E-state index in [2.05, 4.69) is 0 Å². The van der Waals surface area contributed by atoms with Crippen LogP contribution in [0.4, 0.5) is 0 Å². The van der Waals surface area contributed by atoms with Crippen LogP contribution in [-0.2, 0) is 19.0 Å². The maximum absolute atomic E-state index is 12.2. The summed E-state index contributed by atoms with van der Waals surface area (Å²) in [7, 11) is 0. The van der Waals surface area contributed by atoms with Crippen LogP contribution in [-0.4, -0.2) is 98.3 Å². The number of cyclic esters (lactones) is 1. The summed E-state index contributed by atoms with van der Waals surface area (Å²) in [6.07, 6.45) is -4.19. The molecule has 0 aromatic carbocycles. The third kappa shape index (κ3) is 4.33. The molecular formula is C26H42O10. The summed E-state index contributed by atoms with van der Waals surface area (Å²) in [6.45, 7) is 7.57. The third-order valence-corrected chi connectivity index (χ3v) is 9.76. The smallest absolute Gasteiger partial charge is 0.334 e. The highest BCUT2D eigenvalue weighted by atomic mass is 16.7. The van der Waals surface area contributed by atoms with Gasteiger partial charge in [0.05, 0.1) is 24.4 Å². The van der Waals surface area contributed by atoms with Crippen LogP contribution in [0.25, 0.3) is 0 Å². The molecule has 6 N–H and O–H groups in total. The number of carbonyl (C=O) groups is 1. The van der Waals surface area contributed by atoms with Crippen LogP contribution in [0.5, 0.6) is 0 Å². The lowest BCUT2D eigenvalue weighted by atomic mass is 9.42. The van der Waals surface area contributed by atoms with E-state index in [9.17, 15) is 35.4 Å². The van der Waals surface area contributed by atoms with E-state index in [-0.39, 0.29) is 24.4 Å². The van der Waals surface area contributed by atoms with Crippen molar-refractivity contribution >= 4 is 5.97 Å². The second-order valence-corrected chi connectivity index (χ2v) is 12.0. The molecule has 36 heavy (non-hydrogen) atoms. The predicted octanol–water partition coefficient (Wildman–Crippen LogP) is 0.00920. The predicted molar refractivity (Wildman–Crippen MR) is 126 cm³/mol. The number of fused-ring (bicyclic) bond motifs is 1. The molecule has 0 amide bonds. The van der Waals surface area contributed by atoms with Gasteiger partial charge in [-0.15, -0.1) is 0 Å². The minimum Gasteiger partial charge on any atom is -0.458 e. The van der Waals surface area contributed by atoms with Crippen molar-refractivity contribution in [2.24, 2.45) is 22.7 Å². The largest absolute Gasteiger partial charge is 0.458 e. The summed E-state index contributed by atoms with van der Waals surface area (Å²) in [4.78, 5) is 12.0. The zero-order valence-corrected chi connectivity index (χ0v) is 21.5. The third-order valence-electron chi connectivity index (χ3n) is 9.76. The summed E-state index contributed by atoms with van der Waals surface area (Å²) in [6, 6.07) is 0.